The van der Waals surface area contributed by atoms with Crippen LogP contribution in [0.2, 0.25) is 0 Å². The SMILES string of the molecule is CC(C)CN1CCN(c2nc3ccccn3c2CCl)CC1. The monoisotopic (exact) mass is 306 g/mol. The molecule has 0 unspecified atom stereocenters. The van der Waals surface area contributed by atoms with Crippen LogP contribution in [0.4, 0.5) is 5.82 Å². The van der Waals surface area contributed by atoms with Crippen molar-refractivity contribution in [2.75, 3.05) is 37.6 Å². The molecule has 0 aliphatic carbocycles. The molecule has 0 aromatic carbocycles. The van der Waals surface area contributed by atoms with Gasteiger partial charge in [-0.2, -0.15) is 0 Å². The number of fused-ring (bicyclic) bond motifs is 1. The molecule has 3 heterocycles. The van der Waals surface area contributed by atoms with Crippen molar-refractivity contribution in [3.63, 3.8) is 0 Å². The van der Waals surface area contributed by atoms with Crippen molar-refractivity contribution in [2.45, 2.75) is 19.7 Å². The van der Waals surface area contributed by atoms with Crippen LogP contribution < -0.4 is 4.90 Å². The summed E-state index contributed by atoms with van der Waals surface area (Å²) in [4.78, 5) is 9.69. The minimum absolute atomic E-state index is 0.493. The molecule has 0 saturated carbocycles. The van der Waals surface area contributed by atoms with Gasteiger partial charge in [0.1, 0.15) is 5.65 Å². The highest BCUT2D eigenvalue weighted by molar-refractivity contribution is 6.17. The van der Waals surface area contributed by atoms with E-state index >= 15 is 0 Å². The molecule has 1 aliphatic rings. The Hall–Kier alpha value is -1.26. The minimum Gasteiger partial charge on any atom is -0.352 e. The van der Waals surface area contributed by atoms with E-state index in [1.54, 1.807) is 0 Å². The number of piperazine rings is 1. The summed E-state index contributed by atoms with van der Waals surface area (Å²) in [5, 5.41) is 0. The maximum absolute atomic E-state index is 6.17. The Labute approximate surface area is 131 Å². The van der Waals surface area contributed by atoms with Crippen LogP contribution in [0.5, 0.6) is 0 Å². The molecule has 0 atom stereocenters. The Balaban J connectivity index is 1.79. The zero-order chi connectivity index (χ0) is 14.8. The van der Waals surface area contributed by atoms with Gasteiger partial charge in [-0.15, -0.1) is 11.6 Å². The van der Waals surface area contributed by atoms with Crippen LogP contribution in [-0.2, 0) is 5.88 Å². The van der Waals surface area contributed by atoms with Gasteiger partial charge >= 0.3 is 0 Å². The third kappa shape index (κ3) is 3.01. The van der Waals surface area contributed by atoms with Crippen LogP contribution in [0.25, 0.3) is 5.65 Å². The van der Waals surface area contributed by atoms with Crippen molar-refractivity contribution < 1.29 is 0 Å². The molecule has 21 heavy (non-hydrogen) atoms. The third-order valence-electron chi connectivity index (χ3n) is 4.03. The van der Waals surface area contributed by atoms with E-state index in [9.17, 15) is 0 Å². The topological polar surface area (TPSA) is 23.8 Å². The van der Waals surface area contributed by atoms with Gasteiger partial charge in [0.05, 0.1) is 11.6 Å². The summed E-state index contributed by atoms with van der Waals surface area (Å²) in [6.45, 7) is 10.0. The number of anilines is 1. The molecule has 4 nitrogen and oxygen atoms in total. The first-order valence-electron chi connectivity index (χ1n) is 7.68. The molecule has 0 bridgehead atoms. The van der Waals surface area contributed by atoms with Crippen LogP contribution in [0.1, 0.15) is 19.5 Å². The number of alkyl halides is 1. The summed E-state index contributed by atoms with van der Waals surface area (Å²) >= 11 is 6.17. The fourth-order valence-electron chi connectivity index (χ4n) is 3.07. The van der Waals surface area contributed by atoms with Crippen LogP contribution >= 0.6 is 11.6 Å². The fraction of sp³-hybridized carbons (Fsp3) is 0.562. The Morgan fingerprint density at radius 2 is 1.95 bits per heavy atom. The second-order valence-corrected chi connectivity index (χ2v) is 6.39. The van der Waals surface area contributed by atoms with Crippen molar-refractivity contribution in [1.82, 2.24) is 14.3 Å². The lowest BCUT2D eigenvalue weighted by Gasteiger charge is -2.36. The van der Waals surface area contributed by atoms with Gasteiger partial charge in [0, 0.05) is 38.9 Å². The highest BCUT2D eigenvalue weighted by Gasteiger charge is 2.22. The molecule has 0 spiro atoms. The van der Waals surface area contributed by atoms with Crippen LogP contribution in [0.3, 0.4) is 0 Å². The lowest BCUT2D eigenvalue weighted by molar-refractivity contribution is 0.231. The zero-order valence-corrected chi connectivity index (χ0v) is 13.6. The normalized spacial score (nSPS) is 17.0. The Bertz CT molecular complexity index is 599. The van der Waals surface area contributed by atoms with E-state index in [2.05, 4.69) is 28.0 Å². The number of nitrogens with zero attached hydrogens (tertiary/aromatic N) is 4. The van der Waals surface area contributed by atoms with Gasteiger partial charge in [0.25, 0.3) is 0 Å². The van der Waals surface area contributed by atoms with Crippen molar-refractivity contribution >= 4 is 23.1 Å². The Morgan fingerprint density at radius 3 is 2.62 bits per heavy atom. The van der Waals surface area contributed by atoms with E-state index in [0.29, 0.717) is 5.88 Å². The molecule has 114 valence electrons. The molecule has 1 fully saturated rings. The Kier molecular flexibility index (Phi) is 4.36. The molecule has 2 aromatic rings. The van der Waals surface area contributed by atoms with Gasteiger partial charge in [0.2, 0.25) is 0 Å². The number of hydrogen-bond donors (Lipinski definition) is 0. The first kappa shape index (κ1) is 14.7. The second kappa shape index (κ2) is 6.24. The predicted octanol–water partition coefficient (Wildman–Crippen LogP) is 2.85. The number of pyridine rings is 1. The second-order valence-electron chi connectivity index (χ2n) is 6.13. The van der Waals surface area contributed by atoms with Crippen molar-refractivity contribution in [3.05, 3.63) is 30.1 Å². The summed E-state index contributed by atoms with van der Waals surface area (Å²) in [7, 11) is 0. The van der Waals surface area contributed by atoms with Gasteiger partial charge in [0.15, 0.2) is 5.82 Å². The molecule has 3 rings (SSSR count). The maximum atomic E-state index is 6.17. The molecule has 1 saturated heterocycles. The molecule has 1 aliphatic heterocycles. The summed E-state index contributed by atoms with van der Waals surface area (Å²) in [5.41, 5.74) is 2.08. The van der Waals surface area contributed by atoms with Crippen LogP contribution in [0, 0.1) is 5.92 Å². The van der Waals surface area contributed by atoms with Gasteiger partial charge < -0.3 is 9.30 Å². The number of hydrogen-bond acceptors (Lipinski definition) is 3. The maximum Gasteiger partial charge on any atom is 0.152 e. The molecule has 0 amide bonds. The third-order valence-corrected chi connectivity index (χ3v) is 4.28. The van der Waals surface area contributed by atoms with Gasteiger partial charge in [-0.05, 0) is 18.1 Å². The highest BCUT2D eigenvalue weighted by atomic mass is 35.5. The van der Waals surface area contributed by atoms with E-state index in [1.165, 1.54) is 6.54 Å². The van der Waals surface area contributed by atoms with Crippen LogP contribution in [0.15, 0.2) is 24.4 Å². The first-order valence-corrected chi connectivity index (χ1v) is 8.21. The van der Waals surface area contributed by atoms with Crippen molar-refractivity contribution in [2.24, 2.45) is 5.92 Å². The summed E-state index contributed by atoms with van der Waals surface area (Å²) in [5.74, 6) is 2.28. The molecular formula is C16H23ClN4. The largest absolute Gasteiger partial charge is 0.352 e. The van der Waals surface area contributed by atoms with E-state index in [1.807, 2.05) is 24.4 Å². The Morgan fingerprint density at radius 1 is 1.19 bits per heavy atom. The molecule has 0 N–H and O–H groups in total. The molecule has 0 radical (unpaired) electrons. The molecule has 5 heteroatoms. The number of imidazole rings is 1. The van der Waals surface area contributed by atoms with Crippen LogP contribution in [-0.4, -0.2) is 47.0 Å². The summed E-state index contributed by atoms with van der Waals surface area (Å²) < 4.78 is 2.10. The first-order chi connectivity index (χ1) is 10.2. The fourth-order valence-corrected chi connectivity index (χ4v) is 3.32. The number of aromatic nitrogens is 2. The van der Waals surface area contributed by atoms with Gasteiger partial charge in [-0.25, -0.2) is 4.98 Å². The van der Waals surface area contributed by atoms with Crippen molar-refractivity contribution in [1.29, 1.82) is 0 Å². The summed E-state index contributed by atoms with van der Waals surface area (Å²) in [6, 6.07) is 6.08. The molecular weight excluding hydrogens is 284 g/mol. The average Bonchev–Trinajstić information content (AvgIpc) is 2.86. The smallest absolute Gasteiger partial charge is 0.152 e. The number of rotatable bonds is 4. The summed E-state index contributed by atoms with van der Waals surface area (Å²) in [6.07, 6.45) is 2.04. The number of halogens is 1. The lowest BCUT2D eigenvalue weighted by atomic mass is 10.2. The van der Waals surface area contributed by atoms with E-state index < -0.39 is 0 Å². The van der Waals surface area contributed by atoms with Gasteiger partial charge in [-0.3, -0.25) is 4.90 Å². The van der Waals surface area contributed by atoms with Crippen molar-refractivity contribution in [3.8, 4) is 0 Å². The predicted molar refractivity (Wildman–Crippen MR) is 88.2 cm³/mol. The van der Waals surface area contributed by atoms with Gasteiger partial charge in [-0.1, -0.05) is 19.9 Å². The average molecular weight is 307 g/mol. The zero-order valence-electron chi connectivity index (χ0n) is 12.8. The quantitative estimate of drug-likeness (QED) is 0.812. The minimum atomic E-state index is 0.493. The standard InChI is InChI=1S/C16H23ClN4/c1-13(2)12-19-7-9-20(10-8-19)16-14(11-17)21-6-4-3-5-15(21)18-16/h3-6,13H,7-12H2,1-2H3. The van der Waals surface area contributed by atoms with E-state index in [-0.39, 0.29) is 0 Å². The van der Waals surface area contributed by atoms with E-state index in [4.69, 9.17) is 16.6 Å². The lowest BCUT2D eigenvalue weighted by Crippen LogP contribution is -2.47. The highest BCUT2D eigenvalue weighted by Crippen LogP contribution is 2.24. The molecule has 2 aromatic heterocycles. The van der Waals surface area contributed by atoms with E-state index in [0.717, 1.165) is 49.3 Å².